The minimum absolute atomic E-state index is 0.173. The van der Waals surface area contributed by atoms with E-state index in [4.69, 9.17) is 5.73 Å². The fraction of sp³-hybridized carbons (Fsp3) is 1.00. The van der Waals surface area contributed by atoms with Crippen molar-refractivity contribution in [3.8, 4) is 0 Å². The number of rotatable bonds is 6. The van der Waals surface area contributed by atoms with Gasteiger partial charge < -0.3 is 5.73 Å². The van der Waals surface area contributed by atoms with Crippen molar-refractivity contribution in [2.45, 2.75) is 84.1 Å². The van der Waals surface area contributed by atoms with Crippen LogP contribution in [0.25, 0.3) is 0 Å². The largest absolute Gasteiger partial charge is 0.325 e. The average Bonchev–Trinajstić information content (AvgIpc) is 2.23. The second kappa shape index (κ2) is 6.64. The van der Waals surface area contributed by atoms with E-state index in [1.807, 2.05) is 0 Å². The molecule has 0 aromatic carbocycles. The molecule has 0 aliphatic heterocycles. The van der Waals surface area contributed by atoms with E-state index in [2.05, 4.69) is 20.8 Å². The lowest BCUT2D eigenvalue weighted by Gasteiger charge is -2.39. The van der Waals surface area contributed by atoms with Crippen molar-refractivity contribution in [3.05, 3.63) is 0 Å². The van der Waals surface area contributed by atoms with Crippen molar-refractivity contribution in [1.29, 1.82) is 0 Å². The first-order valence-electron chi connectivity index (χ1n) is 7.38. The molecule has 0 bridgehead atoms. The maximum atomic E-state index is 6.60. The highest BCUT2D eigenvalue weighted by Gasteiger charge is 2.32. The second-order valence-electron chi connectivity index (χ2n) is 6.18. The van der Waals surface area contributed by atoms with Gasteiger partial charge in [0, 0.05) is 5.54 Å². The van der Waals surface area contributed by atoms with Crippen LogP contribution in [0.1, 0.15) is 78.6 Å². The van der Waals surface area contributed by atoms with Gasteiger partial charge in [-0.15, -0.1) is 0 Å². The molecule has 1 nitrogen and oxygen atoms in total. The average molecular weight is 225 g/mol. The predicted molar refractivity (Wildman–Crippen MR) is 72.5 cm³/mol. The van der Waals surface area contributed by atoms with E-state index >= 15 is 0 Å². The Morgan fingerprint density at radius 1 is 1.38 bits per heavy atom. The maximum Gasteiger partial charge on any atom is 0.0159 e. The Morgan fingerprint density at radius 2 is 2.12 bits per heavy atom. The highest BCUT2D eigenvalue weighted by molar-refractivity contribution is 4.91. The van der Waals surface area contributed by atoms with Gasteiger partial charge in [-0.05, 0) is 31.1 Å². The van der Waals surface area contributed by atoms with Crippen molar-refractivity contribution in [1.82, 2.24) is 0 Å². The predicted octanol–water partition coefficient (Wildman–Crippen LogP) is 4.50. The summed E-state index contributed by atoms with van der Waals surface area (Å²) in [7, 11) is 0. The summed E-state index contributed by atoms with van der Waals surface area (Å²) in [5.41, 5.74) is 6.77. The van der Waals surface area contributed by atoms with E-state index < -0.39 is 0 Å². The molecule has 0 aromatic rings. The second-order valence-corrected chi connectivity index (χ2v) is 6.18. The summed E-state index contributed by atoms with van der Waals surface area (Å²) in [6, 6.07) is 0. The molecule has 3 atom stereocenters. The first-order chi connectivity index (χ1) is 7.59. The van der Waals surface area contributed by atoms with E-state index in [9.17, 15) is 0 Å². The summed E-state index contributed by atoms with van der Waals surface area (Å²) < 4.78 is 0. The Labute approximate surface area is 102 Å². The summed E-state index contributed by atoms with van der Waals surface area (Å²) in [6.45, 7) is 6.98. The molecule has 96 valence electrons. The minimum Gasteiger partial charge on any atom is -0.325 e. The van der Waals surface area contributed by atoms with Crippen molar-refractivity contribution in [3.63, 3.8) is 0 Å². The molecule has 0 saturated heterocycles. The van der Waals surface area contributed by atoms with Crippen LogP contribution in [0.4, 0.5) is 0 Å². The van der Waals surface area contributed by atoms with Gasteiger partial charge >= 0.3 is 0 Å². The Balaban J connectivity index is 2.42. The van der Waals surface area contributed by atoms with Gasteiger partial charge in [0.2, 0.25) is 0 Å². The van der Waals surface area contributed by atoms with Crippen LogP contribution in [0.15, 0.2) is 0 Å². The van der Waals surface area contributed by atoms with Gasteiger partial charge in [-0.3, -0.25) is 0 Å². The van der Waals surface area contributed by atoms with E-state index in [1.165, 1.54) is 57.8 Å². The Bertz CT molecular complexity index is 190. The highest BCUT2D eigenvalue weighted by Crippen LogP contribution is 2.36. The van der Waals surface area contributed by atoms with Gasteiger partial charge in [0.1, 0.15) is 0 Å². The molecule has 16 heavy (non-hydrogen) atoms. The zero-order valence-electron chi connectivity index (χ0n) is 11.6. The minimum atomic E-state index is 0.173. The van der Waals surface area contributed by atoms with Crippen LogP contribution in [-0.2, 0) is 0 Å². The molecule has 2 N–H and O–H groups in total. The Morgan fingerprint density at radius 3 is 2.69 bits per heavy atom. The molecular weight excluding hydrogens is 194 g/mol. The summed E-state index contributed by atoms with van der Waals surface area (Å²) in [5, 5.41) is 0. The zero-order valence-corrected chi connectivity index (χ0v) is 11.6. The molecule has 1 heteroatoms. The third-order valence-corrected chi connectivity index (χ3v) is 4.37. The lowest BCUT2D eigenvalue weighted by molar-refractivity contribution is 0.188. The van der Waals surface area contributed by atoms with Gasteiger partial charge in [0.05, 0.1) is 0 Å². The van der Waals surface area contributed by atoms with Crippen LogP contribution in [0, 0.1) is 11.8 Å². The number of unbranched alkanes of at least 4 members (excludes halogenated alkanes) is 1. The molecular formula is C15H31N. The smallest absolute Gasteiger partial charge is 0.0159 e. The van der Waals surface area contributed by atoms with Crippen molar-refractivity contribution >= 4 is 0 Å². The quantitative estimate of drug-likeness (QED) is 0.707. The molecule has 0 spiro atoms. The van der Waals surface area contributed by atoms with Gasteiger partial charge in [-0.1, -0.05) is 59.3 Å². The van der Waals surface area contributed by atoms with Gasteiger partial charge in [0.25, 0.3) is 0 Å². The van der Waals surface area contributed by atoms with Crippen LogP contribution >= 0.6 is 0 Å². The Hall–Kier alpha value is -0.0400. The van der Waals surface area contributed by atoms with Crippen molar-refractivity contribution < 1.29 is 0 Å². The molecule has 1 rings (SSSR count). The molecule has 0 amide bonds. The van der Waals surface area contributed by atoms with Crippen molar-refractivity contribution in [2.24, 2.45) is 17.6 Å². The summed E-state index contributed by atoms with van der Waals surface area (Å²) in [5.74, 6) is 1.72. The lowest BCUT2D eigenvalue weighted by Crippen LogP contribution is -2.45. The van der Waals surface area contributed by atoms with Crippen LogP contribution in [0.2, 0.25) is 0 Å². The molecule has 1 aliphatic carbocycles. The molecule has 1 aliphatic rings. The highest BCUT2D eigenvalue weighted by atomic mass is 14.7. The standard InChI is InChI=1S/C15H31N/c1-4-6-9-14(5-2)12-15(16)10-7-8-13(3)11-15/h13-14H,4-12,16H2,1-3H3. The zero-order chi connectivity index (χ0) is 12.0. The third kappa shape index (κ3) is 4.45. The monoisotopic (exact) mass is 225 g/mol. The van der Waals surface area contributed by atoms with E-state index in [-0.39, 0.29) is 5.54 Å². The van der Waals surface area contributed by atoms with Gasteiger partial charge in [-0.25, -0.2) is 0 Å². The summed E-state index contributed by atoms with van der Waals surface area (Å²) in [4.78, 5) is 0. The molecule has 1 fully saturated rings. The molecule has 0 heterocycles. The number of hydrogen-bond acceptors (Lipinski definition) is 1. The molecule has 3 unspecified atom stereocenters. The fourth-order valence-corrected chi connectivity index (χ4v) is 3.40. The fourth-order valence-electron chi connectivity index (χ4n) is 3.40. The van der Waals surface area contributed by atoms with Crippen LogP contribution in [-0.4, -0.2) is 5.54 Å². The van der Waals surface area contributed by atoms with E-state index in [1.54, 1.807) is 0 Å². The Kier molecular flexibility index (Phi) is 5.82. The summed E-state index contributed by atoms with van der Waals surface area (Å²) in [6.07, 6.45) is 11.9. The van der Waals surface area contributed by atoms with Gasteiger partial charge in [0.15, 0.2) is 0 Å². The van der Waals surface area contributed by atoms with Gasteiger partial charge in [-0.2, -0.15) is 0 Å². The third-order valence-electron chi connectivity index (χ3n) is 4.37. The van der Waals surface area contributed by atoms with Crippen LogP contribution < -0.4 is 5.73 Å². The molecule has 1 saturated carbocycles. The van der Waals surface area contributed by atoms with Crippen molar-refractivity contribution in [2.75, 3.05) is 0 Å². The normalized spacial score (nSPS) is 32.6. The number of nitrogens with two attached hydrogens (primary N) is 1. The molecule has 0 radical (unpaired) electrons. The first-order valence-corrected chi connectivity index (χ1v) is 7.38. The summed E-state index contributed by atoms with van der Waals surface area (Å²) >= 11 is 0. The SMILES string of the molecule is CCCCC(CC)CC1(N)CCCC(C)C1. The molecule has 0 aromatic heterocycles. The van der Waals surface area contributed by atoms with E-state index in [0.29, 0.717) is 0 Å². The lowest BCUT2D eigenvalue weighted by atomic mass is 9.71. The first kappa shape index (κ1) is 14.0. The van der Waals surface area contributed by atoms with Crippen LogP contribution in [0.5, 0.6) is 0 Å². The number of hydrogen-bond donors (Lipinski definition) is 1. The maximum absolute atomic E-state index is 6.60. The van der Waals surface area contributed by atoms with E-state index in [0.717, 1.165) is 11.8 Å². The van der Waals surface area contributed by atoms with Crippen LogP contribution in [0.3, 0.4) is 0 Å². The topological polar surface area (TPSA) is 26.0 Å².